The SMILES string of the molecule is Cc1ccc(S(=O)(=O)NC2CC2)c(C#CCCO)c1. The average Bonchev–Trinajstić information content (AvgIpc) is 3.12. The highest BCUT2D eigenvalue weighted by molar-refractivity contribution is 7.89. The Morgan fingerprint density at radius 3 is 2.79 bits per heavy atom. The molecule has 1 saturated carbocycles. The molecule has 0 bridgehead atoms. The molecular formula is C14H17NO3S. The monoisotopic (exact) mass is 279 g/mol. The van der Waals surface area contributed by atoms with Gasteiger partial charge in [0.05, 0.1) is 11.5 Å². The number of aryl methyl sites for hydroxylation is 1. The highest BCUT2D eigenvalue weighted by Crippen LogP contribution is 2.24. The largest absolute Gasteiger partial charge is 0.395 e. The van der Waals surface area contributed by atoms with Crippen molar-refractivity contribution in [1.29, 1.82) is 0 Å². The lowest BCUT2D eigenvalue weighted by Gasteiger charge is -2.08. The fourth-order valence-electron chi connectivity index (χ4n) is 1.67. The van der Waals surface area contributed by atoms with E-state index in [9.17, 15) is 8.42 Å². The Kier molecular flexibility index (Phi) is 4.25. The Hall–Kier alpha value is -1.35. The fraction of sp³-hybridized carbons (Fsp3) is 0.429. The average molecular weight is 279 g/mol. The summed E-state index contributed by atoms with van der Waals surface area (Å²) >= 11 is 0. The van der Waals surface area contributed by atoms with E-state index in [0.717, 1.165) is 18.4 Å². The standard InChI is InChI=1S/C14H17NO3S/c1-11-5-8-14(12(10-11)4-2-3-9-16)19(17,18)15-13-6-7-13/h5,8,10,13,15-16H,3,6-7,9H2,1H3. The van der Waals surface area contributed by atoms with Crippen LogP contribution in [-0.4, -0.2) is 26.2 Å². The molecular weight excluding hydrogens is 262 g/mol. The maximum atomic E-state index is 12.2. The van der Waals surface area contributed by atoms with Gasteiger partial charge in [-0.3, -0.25) is 0 Å². The maximum Gasteiger partial charge on any atom is 0.242 e. The van der Waals surface area contributed by atoms with E-state index >= 15 is 0 Å². The summed E-state index contributed by atoms with van der Waals surface area (Å²) in [5, 5.41) is 8.72. The second kappa shape index (κ2) is 5.74. The van der Waals surface area contributed by atoms with Crippen LogP contribution in [0, 0.1) is 18.8 Å². The Morgan fingerprint density at radius 2 is 2.16 bits per heavy atom. The zero-order chi connectivity index (χ0) is 13.9. The van der Waals surface area contributed by atoms with Crippen molar-refractivity contribution >= 4 is 10.0 Å². The molecule has 2 N–H and O–H groups in total. The van der Waals surface area contributed by atoms with Crippen molar-refractivity contribution in [1.82, 2.24) is 4.72 Å². The van der Waals surface area contributed by atoms with E-state index in [1.807, 2.05) is 6.92 Å². The lowest BCUT2D eigenvalue weighted by molar-refractivity contribution is 0.305. The molecule has 0 radical (unpaired) electrons. The third-order valence-electron chi connectivity index (χ3n) is 2.78. The first-order valence-electron chi connectivity index (χ1n) is 6.25. The van der Waals surface area contributed by atoms with Crippen molar-refractivity contribution < 1.29 is 13.5 Å². The van der Waals surface area contributed by atoms with Gasteiger partial charge in [0.15, 0.2) is 0 Å². The molecule has 4 nitrogen and oxygen atoms in total. The van der Waals surface area contributed by atoms with Gasteiger partial charge in [-0.25, -0.2) is 13.1 Å². The number of benzene rings is 1. The highest BCUT2D eigenvalue weighted by atomic mass is 32.2. The molecule has 1 aliphatic rings. The number of hydrogen-bond acceptors (Lipinski definition) is 3. The van der Waals surface area contributed by atoms with Crippen molar-refractivity contribution in [3.05, 3.63) is 29.3 Å². The molecule has 102 valence electrons. The summed E-state index contributed by atoms with van der Waals surface area (Å²) in [6.45, 7) is 1.86. The molecule has 0 atom stereocenters. The molecule has 1 fully saturated rings. The van der Waals surface area contributed by atoms with E-state index in [1.165, 1.54) is 0 Å². The van der Waals surface area contributed by atoms with E-state index in [0.29, 0.717) is 12.0 Å². The zero-order valence-electron chi connectivity index (χ0n) is 10.8. The van der Waals surface area contributed by atoms with Gasteiger partial charge in [0.2, 0.25) is 10.0 Å². The summed E-state index contributed by atoms with van der Waals surface area (Å²) in [6, 6.07) is 5.18. The molecule has 5 heteroatoms. The van der Waals surface area contributed by atoms with Crippen LogP contribution in [0.2, 0.25) is 0 Å². The molecule has 0 aromatic heterocycles. The molecule has 0 unspecified atom stereocenters. The van der Waals surface area contributed by atoms with Crippen molar-refractivity contribution in [2.45, 2.75) is 37.1 Å². The second-order valence-corrected chi connectivity index (χ2v) is 6.35. The van der Waals surface area contributed by atoms with Crippen molar-refractivity contribution in [3.63, 3.8) is 0 Å². The number of aliphatic hydroxyl groups is 1. The lowest BCUT2D eigenvalue weighted by atomic mass is 10.1. The fourth-order valence-corrected chi connectivity index (χ4v) is 3.12. The predicted octanol–water partition coefficient (Wildman–Crippen LogP) is 1.17. The van der Waals surface area contributed by atoms with E-state index in [4.69, 9.17) is 5.11 Å². The van der Waals surface area contributed by atoms with Crippen molar-refractivity contribution in [2.75, 3.05) is 6.61 Å². The first-order valence-corrected chi connectivity index (χ1v) is 7.74. The molecule has 1 aliphatic carbocycles. The molecule has 2 rings (SSSR count). The Labute approximate surface area is 113 Å². The summed E-state index contributed by atoms with van der Waals surface area (Å²) in [6.07, 6.45) is 2.14. The van der Waals surface area contributed by atoms with Crippen molar-refractivity contribution in [3.8, 4) is 11.8 Å². The smallest absolute Gasteiger partial charge is 0.242 e. The predicted molar refractivity (Wildman–Crippen MR) is 73.1 cm³/mol. The number of nitrogens with one attached hydrogen (secondary N) is 1. The minimum Gasteiger partial charge on any atom is -0.395 e. The molecule has 0 amide bonds. The van der Waals surface area contributed by atoms with Gasteiger partial charge in [-0.1, -0.05) is 17.9 Å². The van der Waals surface area contributed by atoms with E-state index in [2.05, 4.69) is 16.6 Å². The van der Waals surface area contributed by atoms with Crippen LogP contribution in [0.15, 0.2) is 23.1 Å². The van der Waals surface area contributed by atoms with Gasteiger partial charge >= 0.3 is 0 Å². The van der Waals surface area contributed by atoms with E-state index in [1.54, 1.807) is 18.2 Å². The maximum absolute atomic E-state index is 12.2. The Bertz CT molecular complexity index is 622. The summed E-state index contributed by atoms with van der Waals surface area (Å²) < 4.78 is 27.1. The van der Waals surface area contributed by atoms with Crippen molar-refractivity contribution in [2.24, 2.45) is 0 Å². The summed E-state index contributed by atoms with van der Waals surface area (Å²) in [7, 11) is -3.50. The zero-order valence-corrected chi connectivity index (χ0v) is 11.6. The van der Waals surface area contributed by atoms with Gasteiger partial charge < -0.3 is 5.11 Å². The third-order valence-corrected chi connectivity index (χ3v) is 4.36. The highest BCUT2D eigenvalue weighted by Gasteiger charge is 2.29. The van der Waals surface area contributed by atoms with Gasteiger partial charge in [-0.15, -0.1) is 0 Å². The normalized spacial score (nSPS) is 14.8. The van der Waals surface area contributed by atoms with Crippen LogP contribution in [0.3, 0.4) is 0 Å². The van der Waals surface area contributed by atoms with E-state index < -0.39 is 10.0 Å². The molecule has 0 saturated heterocycles. The minimum absolute atomic E-state index is 0.0266. The second-order valence-electron chi connectivity index (χ2n) is 4.67. The van der Waals surface area contributed by atoms with Gasteiger partial charge in [-0.05, 0) is 37.5 Å². The molecule has 1 aromatic rings. The van der Waals surface area contributed by atoms with Crippen LogP contribution in [0.4, 0.5) is 0 Å². The first kappa shape index (κ1) is 14.1. The van der Waals surface area contributed by atoms with E-state index in [-0.39, 0.29) is 17.5 Å². The van der Waals surface area contributed by atoms with Crippen LogP contribution in [0.1, 0.15) is 30.4 Å². The molecule has 0 heterocycles. The van der Waals surface area contributed by atoms with Crippen LogP contribution >= 0.6 is 0 Å². The number of sulfonamides is 1. The molecule has 19 heavy (non-hydrogen) atoms. The van der Waals surface area contributed by atoms with Crippen LogP contribution in [0.5, 0.6) is 0 Å². The Morgan fingerprint density at radius 1 is 1.42 bits per heavy atom. The lowest BCUT2D eigenvalue weighted by Crippen LogP contribution is -2.26. The minimum atomic E-state index is -3.50. The van der Waals surface area contributed by atoms with Crippen LogP contribution < -0.4 is 4.72 Å². The topological polar surface area (TPSA) is 66.4 Å². The number of hydrogen-bond donors (Lipinski definition) is 2. The summed E-state index contributed by atoms with van der Waals surface area (Å²) in [5.41, 5.74) is 1.44. The van der Waals surface area contributed by atoms with Gasteiger partial charge in [0.1, 0.15) is 0 Å². The number of rotatable bonds is 4. The summed E-state index contributed by atoms with van der Waals surface area (Å²) in [5.74, 6) is 5.59. The van der Waals surface area contributed by atoms with Crippen LogP contribution in [-0.2, 0) is 10.0 Å². The van der Waals surface area contributed by atoms with Crippen LogP contribution in [0.25, 0.3) is 0 Å². The molecule has 1 aromatic carbocycles. The third kappa shape index (κ3) is 3.80. The quantitative estimate of drug-likeness (QED) is 0.813. The molecule has 0 spiro atoms. The first-order chi connectivity index (χ1) is 9.03. The van der Waals surface area contributed by atoms with Gasteiger partial charge in [0, 0.05) is 18.0 Å². The number of aliphatic hydroxyl groups excluding tert-OH is 1. The Balaban J connectivity index is 2.36. The van der Waals surface area contributed by atoms with Gasteiger partial charge in [0.25, 0.3) is 0 Å². The summed E-state index contributed by atoms with van der Waals surface area (Å²) in [4.78, 5) is 0.218. The van der Waals surface area contributed by atoms with Gasteiger partial charge in [-0.2, -0.15) is 0 Å². The molecule has 0 aliphatic heterocycles.